The first kappa shape index (κ1) is 13.1. The van der Waals surface area contributed by atoms with Crippen molar-refractivity contribution in [3.05, 3.63) is 45.9 Å². The number of halogens is 2. The van der Waals surface area contributed by atoms with E-state index in [-0.39, 0.29) is 17.7 Å². The van der Waals surface area contributed by atoms with Crippen LogP contribution in [0, 0.1) is 5.82 Å². The molecule has 1 aliphatic carbocycles. The molecule has 0 bridgehead atoms. The number of nitrogens with one attached hydrogen (secondary N) is 1. The van der Waals surface area contributed by atoms with Gasteiger partial charge in [-0.2, -0.15) is 4.98 Å². The standard InChI is InChI=1S/C14H14ClFN4/c1-18-13-10-5-4-9(12(10)19-14(17)20-13)8-3-2-7(15)6-11(8)16/h2-3,6,9H,4-5H2,1H3,(H3,17,18,19,20). The molecule has 1 atom stereocenters. The van der Waals surface area contributed by atoms with E-state index in [0.29, 0.717) is 10.6 Å². The number of nitrogens with zero attached hydrogens (tertiary/aromatic N) is 2. The van der Waals surface area contributed by atoms with Crippen LogP contribution in [0.5, 0.6) is 0 Å². The maximum atomic E-state index is 14.1. The topological polar surface area (TPSA) is 63.8 Å². The Kier molecular flexibility index (Phi) is 3.22. The van der Waals surface area contributed by atoms with Crippen molar-refractivity contribution in [1.82, 2.24) is 9.97 Å². The van der Waals surface area contributed by atoms with Crippen LogP contribution in [0.4, 0.5) is 16.2 Å². The molecule has 6 heteroatoms. The molecule has 1 aliphatic rings. The molecule has 1 unspecified atom stereocenters. The predicted octanol–water partition coefficient (Wildman–Crippen LogP) is 2.97. The average molecular weight is 293 g/mol. The highest BCUT2D eigenvalue weighted by Crippen LogP contribution is 2.40. The van der Waals surface area contributed by atoms with Crippen LogP contribution in [0.2, 0.25) is 5.02 Å². The summed E-state index contributed by atoms with van der Waals surface area (Å²) >= 11 is 5.80. The van der Waals surface area contributed by atoms with Crippen LogP contribution in [0.1, 0.15) is 29.2 Å². The van der Waals surface area contributed by atoms with Crippen LogP contribution in [0.3, 0.4) is 0 Å². The van der Waals surface area contributed by atoms with Crippen molar-refractivity contribution in [1.29, 1.82) is 0 Å². The third-order valence-corrected chi connectivity index (χ3v) is 3.88. The van der Waals surface area contributed by atoms with Gasteiger partial charge in [0.05, 0.1) is 5.69 Å². The van der Waals surface area contributed by atoms with E-state index < -0.39 is 0 Å². The normalized spacial score (nSPS) is 17.1. The summed E-state index contributed by atoms with van der Waals surface area (Å²) in [6.45, 7) is 0. The lowest BCUT2D eigenvalue weighted by Crippen LogP contribution is -2.08. The van der Waals surface area contributed by atoms with Crippen molar-refractivity contribution >= 4 is 23.4 Å². The number of nitrogens with two attached hydrogens (primary N) is 1. The minimum absolute atomic E-state index is 0.0975. The van der Waals surface area contributed by atoms with Gasteiger partial charge in [-0.3, -0.25) is 0 Å². The molecule has 0 aliphatic heterocycles. The fourth-order valence-corrected chi connectivity index (χ4v) is 2.93. The van der Waals surface area contributed by atoms with E-state index in [4.69, 9.17) is 17.3 Å². The van der Waals surface area contributed by atoms with Crippen LogP contribution in [0.25, 0.3) is 0 Å². The second kappa shape index (κ2) is 4.90. The van der Waals surface area contributed by atoms with E-state index in [1.54, 1.807) is 19.2 Å². The highest BCUT2D eigenvalue weighted by molar-refractivity contribution is 6.30. The molecule has 2 aromatic rings. The molecule has 0 saturated carbocycles. The number of benzene rings is 1. The van der Waals surface area contributed by atoms with Gasteiger partial charge in [-0.25, -0.2) is 9.37 Å². The number of nitrogen functional groups attached to an aromatic ring is 1. The van der Waals surface area contributed by atoms with Gasteiger partial charge < -0.3 is 11.1 Å². The fraction of sp³-hybridized carbons (Fsp3) is 0.286. The lowest BCUT2D eigenvalue weighted by atomic mass is 9.96. The molecule has 3 N–H and O–H groups in total. The monoisotopic (exact) mass is 292 g/mol. The Balaban J connectivity index is 2.11. The predicted molar refractivity (Wildman–Crippen MR) is 77.6 cm³/mol. The number of fused-ring (bicyclic) bond motifs is 1. The maximum Gasteiger partial charge on any atom is 0.222 e. The average Bonchev–Trinajstić information content (AvgIpc) is 2.81. The van der Waals surface area contributed by atoms with Gasteiger partial charge in [0.1, 0.15) is 11.6 Å². The number of aromatic nitrogens is 2. The minimum Gasteiger partial charge on any atom is -0.373 e. The van der Waals surface area contributed by atoms with Crippen molar-refractivity contribution in [3.8, 4) is 0 Å². The van der Waals surface area contributed by atoms with E-state index >= 15 is 0 Å². The molecule has 0 spiro atoms. The largest absolute Gasteiger partial charge is 0.373 e. The Morgan fingerprint density at radius 3 is 2.90 bits per heavy atom. The Morgan fingerprint density at radius 2 is 2.20 bits per heavy atom. The molecule has 1 aromatic heterocycles. The Bertz CT molecular complexity index is 674. The molecule has 0 radical (unpaired) electrons. The molecule has 20 heavy (non-hydrogen) atoms. The minimum atomic E-state index is -0.307. The summed E-state index contributed by atoms with van der Waals surface area (Å²) in [4.78, 5) is 8.48. The summed E-state index contributed by atoms with van der Waals surface area (Å²) in [6, 6.07) is 4.74. The zero-order chi connectivity index (χ0) is 14.3. The lowest BCUT2D eigenvalue weighted by Gasteiger charge is -2.13. The van der Waals surface area contributed by atoms with Crippen LogP contribution < -0.4 is 11.1 Å². The molecule has 0 saturated heterocycles. The van der Waals surface area contributed by atoms with E-state index in [2.05, 4.69) is 15.3 Å². The second-order valence-electron chi connectivity index (χ2n) is 4.80. The highest BCUT2D eigenvalue weighted by Gasteiger charge is 2.30. The Labute approximate surface area is 121 Å². The van der Waals surface area contributed by atoms with Gasteiger partial charge in [0, 0.05) is 23.6 Å². The van der Waals surface area contributed by atoms with Crippen molar-refractivity contribution in [2.45, 2.75) is 18.8 Å². The number of hydrogen-bond donors (Lipinski definition) is 2. The van der Waals surface area contributed by atoms with Gasteiger partial charge in [-0.15, -0.1) is 0 Å². The SMILES string of the molecule is CNc1nc(N)nc2c1CCC2c1ccc(Cl)cc1F. The molecule has 1 aromatic carbocycles. The molecular formula is C14H14ClFN4. The third-order valence-electron chi connectivity index (χ3n) is 3.64. The van der Waals surface area contributed by atoms with E-state index in [1.165, 1.54) is 6.07 Å². The van der Waals surface area contributed by atoms with Crippen LogP contribution in [-0.4, -0.2) is 17.0 Å². The summed E-state index contributed by atoms with van der Waals surface area (Å²) in [5.41, 5.74) is 8.16. The van der Waals surface area contributed by atoms with Gasteiger partial charge in [0.25, 0.3) is 0 Å². The van der Waals surface area contributed by atoms with Crippen LogP contribution in [-0.2, 0) is 6.42 Å². The molecule has 104 valence electrons. The second-order valence-corrected chi connectivity index (χ2v) is 5.24. The smallest absolute Gasteiger partial charge is 0.222 e. The van der Waals surface area contributed by atoms with Gasteiger partial charge in [0.15, 0.2) is 0 Å². The fourth-order valence-electron chi connectivity index (χ4n) is 2.77. The first-order chi connectivity index (χ1) is 9.60. The van der Waals surface area contributed by atoms with E-state index in [0.717, 1.165) is 29.9 Å². The Morgan fingerprint density at radius 1 is 1.40 bits per heavy atom. The third kappa shape index (κ3) is 2.08. The van der Waals surface area contributed by atoms with Crippen LogP contribution >= 0.6 is 11.6 Å². The number of rotatable bonds is 2. The number of anilines is 2. The van der Waals surface area contributed by atoms with Gasteiger partial charge in [-0.05, 0) is 30.5 Å². The van der Waals surface area contributed by atoms with Crippen molar-refractivity contribution < 1.29 is 4.39 Å². The summed E-state index contributed by atoms with van der Waals surface area (Å²) in [7, 11) is 1.79. The lowest BCUT2D eigenvalue weighted by molar-refractivity contribution is 0.593. The summed E-state index contributed by atoms with van der Waals surface area (Å²) in [5, 5.41) is 3.41. The quantitative estimate of drug-likeness (QED) is 0.893. The molecule has 4 nitrogen and oxygen atoms in total. The molecular weight excluding hydrogens is 279 g/mol. The number of hydrogen-bond acceptors (Lipinski definition) is 4. The van der Waals surface area contributed by atoms with Crippen molar-refractivity contribution in [2.24, 2.45) is 0 Å². The zero-order valence-corrected chi connectivity index (χ0v) is 11.7. The van der Waals surface area contributed by atoms with Gasteiger partial charge in [-0.1, -0.05) is 17.7 Å². The highest BCUT2D eigenvalue weighted by atomic mass is 35.5. The first-order valence-electron chi connectivity index (χ1n) is 6.39. The van der Waals surface area contributed by atoms with Crippen molar-refractivity contribution in [2.75, 3.05) is 18.1 Å². The van der Waals surface area contributed by atoms with Crippen LogP contribution in [0.15, 0.2) is 18.2 Å². The Hall–Kier alpha value is -1.88. The maximum absolute atomic E-state index is 14.1. The molecule has 0 fully saturated rings. The summed E-state index contributed by atoms with van der Waals surface area (Å²) in [6.07, 6.45) is 1.60. The molecule has 3 rings (SSSR count). The molecule has 0 amide bonds. The van der Waals surface area contributed by atoms with Gasteiger partial charge in [0.2, 0.25) is 5.95 Å². The summed E-state index contributed by atoms with van der Waals surface area (Å²) < 4.78 is 14.1. The molecule has 1 heterocycles. The van der Waals surface area contributed by atoms with E-state index in [1.807, 2.05) is 0 Å². The van der Waals surface area contributed by atoms with E-state index in [9.17, 15) is 4.39 Å². The zero-order valence-electron chi connectivity index (χ0n) is 11.0. The van der Waals surface area contributed by atoms with Gasteiger partial charge >= 0.3 is 0 Å². The van der Waals surface area contributed by atoms with Crippen molar-refractivity contribution in [3.63, 3.8) is 0 Å². The first-order valence-corrected chi connectivity index (χ1v) is 6.77. The summed E-state index contributed by atoms with van der Waals surface area (Å²) in [5.74, 6) is 0.525.